The van der Waals surface area contributed by atoms with E-state index in [1.165, 1.54) is 38.9 Å². The molecule has 0 spiro atoms. The summed E-state index contributed by atoms with van der Waals surface area (Å²) >= 11 is 0. The summed E-state index contributed by atoms with van der Waals surface area (Å²) < 4.78 is 0. The second-order valence-electron chi connectivity index (χ2n) is 5.77. The zero-order chi connectivity index (χ0) is 14.8. The van der Waals surface area contributed by atoms with Gasteiger partial charge in [0.2, 0.25) is 0 Å². The highest BCUT2D eigenvalue weighted by atomic mass is 14.1. The van der Waals surface area contributed by atoms with Crippen LogP contribution in [0.3, 0.4) is 0 Å². The van der Waals surface area contributed by atoms with Crippen LogP contribution in [0.5, 0.6) is 0 Å². The highest BCUT2D eigenvalue weighted by Crippen LogP contribution is 2.29. The molecule has 0 heteroatoms. The SMILES string of the molecule is Cc1cccc(-c2ccc(-c3cccc(C)c3)c(C)c2)c1. The standard InChI is InChI=1S/C21H20/c1-15-6-4-8-18(12-15)19-10-11-21(17(3)14-19)20-9-5-7-16(2)13-20/h4-14H,1-3H3. The van der Waals surface area contributed by atoms with Crippen LogP contribution in [0.15, 0.2) is 66.7 Å². The van der Waals surface area contributed by atoms with Gasteiger partial charge in [0.25, 0.3) is 0 Å². The number of rotatable bonds is 2. The first-order valence-corrected chi connectivity index (χ1v) is 7.38. The molecular formula is C21H20. The fourth-order valence-corrected chi connectivity index (χ4v) is 2.80. The van der Waals surface area contributed by atoms with E-state index in [-0.39, 0.29) is 0 Å². The fraction of sp³-hybridized carbons (Fsp3) is 0.143. The molecule has 0 nitrogen and oxygen atoms in total. The molecule has 0 aliphatic rings. The van der Waals surface area contributed by atoms with E-state index in [2.05, 4.69) is 87.5 Å². The van der Waals surface area contributed by atoms with Crippen LogP contribution >= 0.6 is 0 Å². The van der Waals surface area contributed by atoms with Gasteiger partial charge in [0.15, 0.2) is 0 Å². The Kier molecular flexibility index (Phi) is 3.62. The third kappa shape index (κ3) is 2.90. The molecule has 0 saturated carbocycles. The van der Waals surface area contributed by atoms with E-state index < -0.39 is 0 Å². The molecule has 0 atom stereocenters. The largest absolute Gasteiger partial charge is 0.0614 e. The maximum atomic E-state index is 2.28. The van der Waals surface area contributed by atoms with E-state index in [1.807, 2.05) is 0 Å². The second-order valence-corrected chi connectivity index (χ2v) is 5.77. The summed E-state index contributed by atoms with van der Waals surface area (Å²) in [5.74, 6) is 0. The molecule has 21 heavy (non-hydrogen) atoms. The molecule has 0 aliphatic carbocycles. The van der Waals surface area contributed by atoms with Crippen molar-refractivity contribution in [2.75, 3.05) is 0 Å². The molecule has 0 aliphatic heterocycles. The van der Waals surface area contributed by atoms with Gasteiger partial charge in [-0.3, -0.25) is 0 Å². The van der Waals surface area contributed by atoms with Crippen LogP contribution in [0.4, 0.5) is 0 Å². The summed E-state index contributed by atoms with van der Waals surface area (Å²) in [7, 11) is 0. The van der Waals surface area contributed by atoms with Crippen LogP contribution < -0.4 is 0 Å². The van der Waals surface area contributed by atoms with Crippen molar-refractivity contribution in [2.45, 2.75) is 20.8 Å². The Morgan fingerprint density at radius 2 is 1.10 bits per heavy atom. The van der Waals surface area contributed by atoms with Crippen molar-refractivity contribution in [3.63, 3.8) is 0 Å². The lowest BCUT2D eigenvalue weighted by atomic mass is 9.94. The Hall–Kier alpha value is -2.34. The van der Waals surface area contributed by atoms with Crippen molar-refractivity contribution < 1.29 is 0 Å². The van der Waals surface area contributed by atoms with Crippen molar-refractivity contribution in [3.05, 3.63) is 83.4 Å². The summed E-state index contributed by atoms with van der Waals surface area (Å²) in [6, 6.07) is 24.1. The molecule has 0 bridgehead atoms. The van der Waals surface area contributed by atoms with Gasteiger partial charge in [-0.05, 0) is 48.6 Å². The Morgan fingerprint density at radius 3 is 1.71 bits per heavy atom. The fourth-order valence-electron chi connectivity index (χ4n) is 2.80. The Labute approximate surface area is 127 Å². The normalized spacial score (nSPS) is 10.6. The highest BCUT2D eigenvalue weighted by molar-refractivity contribution is 5.74. The van der Waals surface area contributed by atoms with Crippen molar-refractivity contribution >= 4 is 0 Å². The van der Waals surface area contributed by atoms with Gasteiger partial charge < -0.3 is 0 Å². The molecule has 3 aromatic carbocycles. The second kappa shape index (κ2) is 5.57. The highest BCUT2D eigenvalue weighted by Gasteiger charge is 2.05. The van der Waals surface area contributed by atoms with Gasteiger partial charge in [0, 0.05) is 0 Å². The third-order valence-electron chi connectivity index (χ3n) is 3.91. The minimum atomic E-state index is 1.28. The Bertz CT molecular complexity index is 782. The van der Waals surface area contributed by atoms with E-state index in [4.69, 9.17) is 0 Å². The van der Waals surface area contributed by atoms with Gasteiger partial charge in [-0.15, -0.1) is 0 Å². The topological polar surface area (TPSA) is 0 Å². The number of hydrogen-bond acceptors (Lipinski definition) is 0. The van der Waals surface area contributed by atoms with Crippen molar-refractivity contribution in [1.29, 1.82) is 0 Å². The molecule has 104 valence electrons. The molecule has 0 fully saturated rings. The maximum Gasteiger partial charge on any atom is -0.0154 e. The first-order valence-electron chi connectivity index (χ1n) is 7.38. The van der Waals surface area contributed by atoms with Crippen molar-refractivity contribution in [3.8, 4) is 22.3 Å². The molecular weight excluding hydrogens is 252 g/mol. The van der Waals surface area contributed by atoms with Crippen LogP contribution in [-0.2, 0) is 0 Å². The maximum absolute atomic E-state index is 2.28. The van der Waals surface area contributed by atoms with Crippen LogP contribution in [0.25, 0.3) is 22.3 Å². The molecule has 3 aromatic rings. The first-order chi connectivity index (χ1) is 10.1. The van der Waals surface area contributed by atoms with E-state index in [0.29, 0.717) is 0 Å². The molecule has 0 unspecified atom stereocenters. The summed E-state index contributed by atoms with van der Waals surface area (Å²) in [4.78, 5) is 0. The average Bonchev–Trinajstić information content (AvgIpc) is 2.47. The Balaban J connectivity index is 2.04. The first kappa shape index (κ1) is 13.6. The predicted molar refractivity (Wildman–Crippen MR) is 91.5 cm³/mol. The monoisotopic (exact) mass is 272 g/mol. The van der Waals surface area contributed by atoms with Gasteiger partial charge in [0.1, 0.15) is 0 Å². The minimum absolute atomic E-state index is 1.28. The summed E-state index contributed by atoms with van der Waals surface area (Å²) in [5, 5.41) is 0. The summed E-state index contributed by atoms with van der Waals surface area (Å²) in [5.41, 5.74) is 9.10. The van der Waals surface area contributed by atoms with Gasteiger partial charge in [-0.25, -0.2) is 0 Å². The van der Waals surface area contributed by atoms with E-state index >= 15 is 0 Å². The predicted octanol–water partition coefficient (Wildman–Crippen LogP) is 5.95. The van der Waals surface area contributed by atoms with Crippen LogP contribution in [-0.4, -0.2) is 0 Å². The van der Waals surface area contributed by atoms with Crippen LogP contribution in [0.1, 0.15) is 16.7 Å². The number of benzene rings is 3. The zero-order valence-corrected chi connectivity index (χ0v) is 12.9. The minimum Gasteiger partial charge on any atom is -0.0614 e. The number of aryl methyl sites for hydroxylation is 3. The lowest BCUT2D eigenvalue weighted by Gasteiger charge is -2.10. The lowest BCUT2D eigenvalue weighted by Crippen LogP contribution is -1.87. The zero-order valence-electron chi connectivity index (χ0n) is 12.9. The molecule has 0 saturated heterocycles. The molecule has 0 amide bonds. The van der Waals surface area contributed by atoms with E-state index in [9.17, 15) is 0 Å². The van der Waals surface area contributed by atoms with E-state index in [0.717, 1.165) is 0 Å². The van der Waals surface area contributed by atoms with Crippen molar-refractivity contribution in [1.82, 2.24) is 0 Å². The lowest BCUT2D eigenvalue weighted by molar-refractivity contribution is 1.41. The van der Waals surface area contributed by atoms with Gasteiger partial charge in [-0.1, -0.05) is 77.9 Å². The molecule has 3 rings (SSSR count). The van der Waals surface area contributed by atoms with Gasteiger partial charge >= 0.3 is 0 Å². The van der Waals surface area contributed by atoms with Crippen LogP contribution in [0.2, 0.25) is 0 Å². The third-order valence-corrected chi connectivity index (χ3v) is 3.91. The van der Waals surface area contributed by atoms with Crippen LogP contribution in [0, 0.1) is 20.8 Å². The molecule has 0 heterocycles. The molecule has 0 N–H and O–H groups in total. The number of hydrogen-bond donors (Lipinski definition) is 0. The molecule has 0 radical (unpaired) electrons. The molecule has 0 aromatic heterocycles. The quantitative estimate of drug-likeness (QED) is 0.541. The Morgan fingerprint density at radius 1 is 0.524 bits per heavy atom. The summed E-state index contributed by atoms with van der Waals surface area (Å²) in [6.07, 6.45) is 0. The van der Waals surface area contributed by atoms with Gasteiger partial charge in [-0.2, -0.15) is 0 Å². The van der Waals surface area contributed by atoms with Gasteiger partial charge in [0.05, 0.1) is 0 Å². The summed E-state index contributed by atoms with van der Waals surface area (Å²) in [6.45, 7) is 6.47. The average molecular weight is 272 g/mol. The van der Waals surface area contributed by atoms with E-state index in [1.54, 1.807) is 0 Å². The van der Waals surface area contributed by atoms with Crippen molar-refractivity contribution in [2.24, 2.45) is 0 Å². The smallest absolute Gasteiger partial charge is 0.0154 e.